The Hall–Kier alpha value is -1.13. The molecule has 0 aliphatic heterocycles. The number of nitrogens with one attached hydrogen (secondary N) is 1. The summed E-state index contributed by atoms with van der Waals surface area (Å²) in [5, 5.41) is 13.8. The summed E-state index contributed by atoms with van der Waals surface area (Å²) in [5.74, 6) is -0.0891. The van der Waals surface area contributed by atoms with Crippen molar-refractivity contribution in [2.75, 3.05) is 13.2 Å². The van der Waals surface area contributed by atoms with Gasteiger partial charge in [-0.25, -0.2) is 0 Å². The molecule has 4 heteroatoms. The molecule has 0 saturated heterocycles. The Morgan fingerprint density at radius 1 is 1.56 bits per heavy atom. The van der Waals surface area contributed by atoms with Crippen LogP contribution in [0.1, 0.15) is 30.7 Å². The highest BCUT2D eigenvalue weighted by Gasteiger charge is 2.17. The smallest absolute Gasteiger partial charge is 0.244 e. The zero-order valence-electron chi connectivity index (χ0n) is 11.2. The molecule has 100 valence electrons. The Balaban J connectivity index is 2.43. The lowest BCUT2D eigenvalue weighted by Crippen LogP contribution is -2.33. The van der Waals surface area contributed by atoms with Crippen LogP contribution in [0.15, 0.2) is 17.5 Å². The summed E-state index contributed by atoms with van der Waals surface area (Å²) in [6.07, 6.45) is 4.09. The molecule has 1 amide bonds. The number of aliphatic hydroxyl groups is 1. The largest absolute Gasteiger partial charge is 0.396 e. The molecule has 3 nitrogen and oxygen atoms in total. The average Bonchev–Trinajstić information content (AvgIpc) is 2.70. The predicted octanol–water partition coefficient (Wildman–Crippen LogP) is 2.59. The molecule has 0 aliphatic carbocycles. The van der Waals surface area contributed by atoms with Crippen molar-refractivity contribution in [2.24, 2.45) is 5.41 Å². The zero-order valence-corrected chi connectivity index (χ0v) is 12.0. The van der Waals surface area contributed by atoms with Crippen molar-refractivity contribution < 1.29 is 9.90 Å². The monoisotopic (exact) mass is 267 g/mol. The van der Waals surface area contributed by atoms with Gasteiger partial charge in [0.25, 0.3) is 0 Å². The fourth-order valence-electron chi connectivity index (χ4n) is 1.48. The Morgan fingerprint density at radius 3 is 2.83 bits per heavy atom. The van der Waals surface area contributed by atoms with Gasteiger partial charge in [0.15, 0.2) is 0 Å². The molecule has 1 aromatic rings. The molecule has 0 fully saturated rings. The minimum atomic E-state index is -0.0891. The number of amides is 1. The highest BCUT2D eigenvalue weighted by atomic mass is 32.1. The summed E-state index contributed by atoms with van der Waals surface area (Å²) in [6.45, 7) is 6.79. The SMILES string of the molecule is Cc1ccsc1/C=C/C(=O)NCC(C)(C)CCO. The van der Waals surface area contributed by atoms with Gasteiger partial charge in [0.1, 0.15) is 0 Å². The number of hydrogen-bond acceptors (Lipinski definition) is 3. The zero-order chi connectivity index (χ0) is 13.6. The molecule has 1 heterocycles. The Morgan fingerprint density at radius 2 is 2.28 bits per heavy atom. The van der Waals surface area contributed by atoms with Crippen LogP contribution in [-0.2, 0) is 4.79 Å². The number of thiophene rings is 1. The fourth-order valence-corrected chi connectivity index (χ4v) is 2.30. The van der Waals surface area contributed by atoms with Crippen LogP contribution in [0.25, 0.3) is 6.08 Å². The summed E-state index contributed by atoms with van der Waals surface area (Å²) in [7, 11) is 0. The van der Waals surface area contributed by atoms with Gasteiger partial charge in [0.05, 0.1) is 0 Å². The second-order valence-corrected chi connectivity index (χ2v) is 6.10. The van der Waals surface area contributed by atoms with Crippen molar-refractivity contribution in [3.63, 3.8) is 0 Å². The van der Waals surface area contributed by atoms with E-state index >= 15 is 0 Å². The molecule has 0 radical (unpaired) electrons. The molecule has 0 aromatic carbocycles. The third-order valence-electron chi connectivity index (χ3n) is 2.82. The lowest BCUT2D eigenvalue weighted by molar-refractivity contribution is -0.116. The van der Waals surface area contributed by atoms with Crippen molar-refractivity contribution in [2.45, 2.75) is 27.2 Å². The first-order valence-corrected chi connectivity index (χ1v) is 6.93. The third-order valence-corrected chi connectivity index (χ3v) is 3.80. The maximum Gasteiger partial charge on any atom is 0.244 e. The van der Waals surface area contributed by atoms with Crippen molar-refractivity contribution >= 4 is 23.3 Å². The molecular formula is C14H21NO2S. The van der Waals surface area contributed by atoms with Gasteiger partial charge in [-0.15, -0.1) is 11.3 Å². The lowest BCUT2D eigenvalue weighted by Gasteiger charge is -2.23. The number of aliphatic hydroxyl groups excluding tert-OH is 1. The van der Waals surface area contributed by atoms with Crippen LogP contribution in [0.4, 0.5) is 0 Å². The molecule has 18 heavy (non-hydrogen) atoms. The summed E-state index contributed by atoms with van der Waals surface area (Å²) >= 11 is 1.62. The van der Waals surface area contributed by atoms with E-state index in [1.165, 1.54) is 5.56 Å². The van der Waals surface area contributed by atoms with Crippen molar-refractivity contribution in [3.05, 3.63) is 28.0 Å². The van der Waals surface area contributed by atoms with Crippen LogP contribution in [0.3, 0.4) is 0 Å². The highest BCUT2D eigenvalue weighted by molar-refractivity contribution is 7.11. The standard InChI is InChI=1S/C14H21NO2S/c1-11-6-9-18-12(11)4-5-13(17)15-10-14(2,3)7-8-16/h4-6,9,16H,7-8,10H2,1-3H3,(H,15,17)/b5-4+. The van der Waals surface area contributed by atoms with Crippen molar-refractivity contribution in [3.8, 4) is 0 Å². The number of carbonyl (C=O) groups is 1. The molecule has 1 rings (SSSR count). The van der Waals surface area contributed by atoms with E-state index in [0.717, 1.165) is 4.88 Å². The van der Waals surface area contributed by atoms with Crippen LogP contribution in [-0.4, -0.2) is 24.2 Å². The molecular weight excluding hydrogens is 246 g/mol. The van der Waals surface area contributed by atoms with E-state index in [0.29, 0.717) is 13.0 Å². The van der Waals surface area contributed by atoms with Gasteiger partial charge in [-0.3, -0.25) is 4.79 Å². The number of carbonyl (C=O) groups excluding carboxylic acids is 1. The van der Waals surface area contributed by atoms with E-state index in [-0.39, 0.29) is 17.9 Å². The summed E-state index contributed by atoms with van der Waals surface area (Å²) < 4.78 is 0. The first kappa shape index (κ1) is 14.9. The minimum Gasteiger partial charge on any atom is -0.396 e. The van der Waals surface area contributed by atoms with E-state index in [4.69, 9.17) is 5.11 Å². The van der Waals surface area contributed by atoms with Gasteiger partial charge in [0, 0.05) is 24.1 Å². The van der Waals surface area contributed by atoms with Gasteiger partial charge < -0.3 is 10.4 Å². The topological polar surface area (TPSA) is 49.3 Å². The first-order chi connectivity index (χ1) is 8.44. The van der Waals surface area contributed by atoms with E-state index in [1.54, 1.807) is 17.4 Å². The van der Waals surface area contributed by atoms with Crippen molar-refractivity contribution in [1.29, 1.82) is 0 Å². The quantitative estimate of drug-likeness (QED) is 0.778. The number of hydrogen-bond donors (Lipinski definition) is 2. The Labute approximate surface area is 113 Å². The molecule has 0 unspecified atom stereocenters. The van der Waals surface area contributed by atoms with E-state index in [1.807, 2.05) is 38.3 Å². The third kappa shape index (κ3) is 5.02. The molecule has 0 aliphatic rings. The summed E-state index contributed by atoms with van der Waals surface area (Å²) in [5.41, 5.74) is 1.11. The second-order valence-electron chi connectivity index (χ2n) is 5.16. The van der Waals surface area contributed by atoms with Crippen LogP contribution < -0.4 is 5.32 Å². The minimum absolute atomic E-state index is 0.0723. The molecule has 2 N–H and O–H groups in total. The van der Waals surface area contributed by atoms with Crippen LogP contribution in [0, 0.1) is 12.3 Å². The van der Waals surface area contributed by atoms with E-state index in [2.05, 4.69) is 5.32 Å². The molecule has 0 atom stereocenters. The Kier molecular flexibility index (Phi) is 5.56. The molecule has 0 bridgehead atoms. The normalized spacial score (nSPS) is 12.0. The summed E-state index contributed by atoms with van der Waals surface area (Å²) in [6, 6.07) is 2.03. The number of rotatable bonds is 6. The van der Waals surface area contributed by atoms with Gasteiger partial charge in [-0.05, 0) is 41.8 Å². The van der Waals surface area contributed by atoms with Crippen LogP contribution in [0.5, 0.6) is 0 Å². The molecule has 0 saturated carbocycles. The van der Waals surface area contributed by atoms with Gasteiger partial charge in [-0.1, -0.05) is 13.8 Å². The van der Waals surface area contributed by atoms with Crippen molar-refractivity contribution in [1.82, 2.24) is 5.32 Å². The maximum absolute atomic E-state index is 11.6. The maximum atomic E-state index is 11.6. The van der Waals surface area contributed by atoms with Crippen LogP contribution in [0.2, 0.25) is 0 Å². The van der Waals surface area contributed by atoms with E-state index in [9.17, 15) is 4.79 Å². The lowest BCUT2D eigenvalue weighted by atomic mass is 9.90. The van der Waals surface area contributed by atoms with Crippen LogP contribution >= 0.6 is 11.3 Å². The summed E-state index contributed by atoms with van der Waals surface area (Å²) in [4.78, 5) is 12.8. The average molecular weight is 267 g/mol. The van der Waals surface area contributed by atoms with Gasteiger partial charge in [0.2, 0.25) is 5.91 Å². The fraction of sp³-hybridized carbons (Fsp3) is 0.500. The number of aryl methyl sites for hydroxylation is 1. The van der Waals surface area contributed by atoms with Gasteiger partial charge in [-0.2, -0.15) is 0 Å². The molecule has 1 aromatic heterocycles. The first-order valence-electron chi connectivity index (χ1n) is 6.05. The van der Waals surface area contributed by atoms with Gasteiger partial charge >= 0.3 is 0 Å². The second kappa shape index (κ2) is 6.71. The van der Waals surface area contributed by atoms with E-state index < -0.39 is 0 Å². The molecule has 0 spiro atoms. The highest BCUT2D eigenvalue weighted by Crippen LogP contribution is 2.18. The predicted molar refractivity (Wildman–Crippen MR) is 76.6 cm³/mol. The Bertz CT molecular complexity index is 421.